The fourth-order valence-electron chi connectivity index (χ4n) is 3.31. The lowest BCUT2D eigenvalue weighted by molar-refractivity contribution is 0.727. The van der Waals surface area contributed by atoms with Crippen LogP contribution in [0.5, 0.6) is 0 Å². The molecule has 1 saturated carbocycles. The lowest BCUT2D eigenvalue weighted by Crippen LogP contribution is -2.14. The van der Waals surface area contributed by atoms with E-state index in [2.05, 4.69) is 10.1 Å². The molecule has 4 nitrogen and oxygen atoms in total. The molecule has 4 heteroatoms. The Hall–Kier alpha value is -2.36. The number of nitrogens with zero attached hydrogens (tertiary/aromatic N) is 2. The Bertz CT molecular complexity index is 826. The minimum absolute atomic E-state index is 0.0770. The monoisotopic (exact) mass is 279 g/mol. The Labute approximate surface area is 122 Å². The largest absolute Gasteiger partial charge is 0.339 e. The summed E-state index contributed by atoms with van der Waals surface area (Å²) in [6.45, 7) is 0. The molecule has 1 aliphatic rings. The van der Waals surface area contributed by atoms with Gasteiger partial charge in [-0.15, -0.1) is 0 Å². The van der Waals surface area contributed by atoms with Crippen molar-refractivity contribution in [2.45, 2.75) is 31.6 Å². The van der Waals surface area contributed by atoms with Crippen LogP contribution in [-0.4, -0.2) is 14.6 Å². The third kappa shape index (κ3) is 2.07. The van der Waals surface area contributed by atoms with Crippen LogP contribution in [-0.2, 0) is 0 Å². The molecule has 0 unspecified atom stereocenters. The first-order valence-electron chi connectivity index (χ1n) is 7.49. The van der Waals surface area contributed by atoms with Crippen molar-refractivity contribution in [3.05, 3.63) is 58.5 Å². The highest BCUT2D eigenvalue weighted by Crippen LogP contribution is 2.35. The molecule has 1 fully saturated rings. The van der Waals surface area contributed by atoms with E-state index in [0.29, 0.717) is 5.92 Å². The predicted octanol–water partition coefficient (Wildman–Crippen LogP) is 3.35. The highest BCUT2D eigenvalue weighted by Gasteiger charge is 2.22. The molecule has 3 aromatic rings. The molecule has 0 aliphatic heterocycles. The smallest absolute Gasteiger partial charge is 0.274 e. The Morgan fingerprint density at radius 1 is 1.14 bits per heavy atom. The molecule has 0 spiro atoms. The summed E-state index contributed by atoms with van der Waals surface area (Å²) in [7, 11) is 0. The van der Waals surface area contributed by atoms with E-state index in [9.17, 15) is 4.79 Å². The second kappa shape index (κ2) is 4.88. The topological polar surface area (TPSA) is 50.2 Å². The van der Waals surface area contributed by atoms with Gasteiger partial charge in [-0.1, -0.05) is 43.2 Å². The van der Waals surface area contributed by atoms with E-state index in [1.165, 1.54) is 35.8 Å². The standard InChI is InChI=1S/C17H17N3O/c21-16-10-15(13-8-2-1-3-9-13)19-17-14(11-18-20(16)17)12-6-4-5-7-12/h1-3,8-12,19H,4-7H2. The normalized spacial score (nSPS) is 15.8. The maximum Gasteiger partial charge on any atom is 0.274 e. The Morgan fingerprint density at radius 3 is 2.67 bits per heavy atom. The van der Waals surface area contributed by atoms with Crippen molar-refractivity contribution < 1.29 is 0 Å². The highest BCUT2D eigenvalue weighted by molar-refractivity contribution is 5.62. The Kier molecular flexibility index (Phi) is 2.88. The number of H-pyrrole nitrogens is 1. The first-order valence-corrected chi connectivity index (χ1v) is 7.49. The fourth-order valence-corrected chi connectivity index (χ4v) is 3.31. The minimum Gasteiger partial charge on any atom is -0.339 e. The number of benzene rings is 1. The van der Waals surface area contributed by atoms with Crippen LogP contribution in [0, 0.1) is 0 Å². The molecule has 2 aromatic heterocycles. The zero-order chi connectivity index (χ0) is 14.2. The first kappa shape index (κ1) is 12.4. The molecule has 0 saturated heterocycles. The number of nitrogens with one attached hydrogen (secondary N) is 1. The molecular weight excluding hydrogens is 262 g/mol. The van der Waals surface area contributed by atoms with Gasteiger partial charge in [0.05, 0.1) is 11.9 Å². The maximum absolute atomic E-state index is 12.3. The van der Waals surface area contributed by atoms with Gasteiger partial charge >= 0.3 is 0 Å². The van der Waals surface area contributed by atoms with E-state index in [0.717, 1.165) is 16.9 Å². The molecule has 2 heterocycles. The van der Waals surface area contributed by atoms with E-state index in [-0.39, 0.29) is 5.56 Å². The van der Waals surface area contributed by atoms with Crippen molar-refractivity contribution in [1.29, 1.82) is 0 Å². The second-order valence-corrected chi connectivity index (χ2v) is 5.73. The Morgan fingerprint density at radius 2 is 1.90 bits per heavy atom. The zero-order valence-corrected chi connectivity index (χ0v) is 11.7. The molecule has 0 atom stereocenters. The highest BCUT2D eigenvalue weighted by atomic mass is 16.1. The summed E-state index contributed by atoms with van der Waals surface area (Å²) in [6, 6.07) is 11.6. The molecule has 4 rings (SSSR count). The summed E-state index contributed by atoms with van der Waals surface area (Å²) >= 11 is 0. The van der Waals surface area contributed by atoms with Crippen molar-refractivity contribution >= 4 is 5.65 Å². The number of aromatic nitrogens is 3. The molecule has 0 amide bonds. The zero-order valence-electron chi connectivity index (χ0n) is 11.7. The van der Waals surface area contributed by atoms with Gasteiger partial charge in [0.1, 0.15) is 5.65 Å². The number of aromatic amines is 1. The van der Waals surface area contributed by atoms with Crippen LogP contribution < -0.4 is 5.56 Å². The van der Waals surface area contributed by atoms with Gasteiger partial charge in [0.2, 0.25) is 0 Å². The fraction of sp³-hybridized carbons (Fsp3) is 0.294. The lowest BCUT2D eigenvalue weighted by atomic mass is 10.0. The van der Waals surface area contributed by atoms with Crippen LogP contribution in [0.4, 0.5) is 0 Å². The summed E-state index contributed by atoms with van der Waals surface area (Å²) in [4.78, 5) is 15.7. The summed E-state index contributed by atoms with van der Waals surface area (Å²) in [5.74, 6) is 0.532. The average molecular weight is 279 g/mol. The van der Waals surface area contributed by atoms with Crippen LogP contribution in [0.1, 0.15) is 37.2 Å². The third-order valence-corrected chi connectivity index (χ3v) is 4.41. The van der Waals surface area contributed by atoms with Crippen molar-refractivity contribution in [2.75, 3.05) is 0 Å². The van der Waals surface area contributed by atoms with Crippen LogP contribution in [0.25, 0.3) is 16.9 Å². The van der Waals surface area contributed by atoms with Gasteiger partial charge < -0.3 is 4.98 Å². The van der Waals surface area contributed by atoms with Crippen molar-refractivity contribution in [3.63, 3.8) is 0 Å². The number of rotatable bonds is 2. The molecule has 21 heavy (non-hydrogen) atoms. The van der Waals surface area contributed by atoms with E-state index in [1.807, 2.05) is 36.5 Å². The van der Waals surface area contributed by atoms with Crippen LogP contribution in [0.2, 0.25) is 0 Å². The third-order valence-electron chi connectivity index (χ3n) is 4.41. The van der Waals surface area contributed by atoms with Crippen LogP contribution in [0.15, 0.2) is 47.4 Å². The van der Waals surface area contributed by atoms with Gasteiger partial charge in [-0.2, -0.15) is 9.61 Å². The molecule has 1 aromatic carbocycles. The van der Waals surface area contributed by atoms with Crippen molar-refractivity contribution in [3.8, 4) is 11.3 Å². The van der Waals surface area contributed by atoms with Gasteiger partial charge in [0.25, 0.3) is 5.56 Å². The molecule has 1 N–H and O–H groups in total. The van der Waals surface area contributed by atoms with Crippen molar-refractivity contribution in [1.82, 2.24) is 14.6 Å². The first-order chi connectivity index (χ1) is 10.3. The van der Waals surface area contributed by atoms with Gasteiger partial charge in [-0.3, -0.25) is 4.79 Å². The van der Waals surface area contributed by atoms with Gasteiger partial charge in [-0.05, 0) is 24.3 Å². The minimum atomic E-state index is -0.0770. The van der Waals surface area contributed by atoms with Gasteiger partial charge in [0, 0.05) is 11.6 Å². The Balaban J connectivity index is 1.91. The SMILES string of the molecule is O=c1cc(-c2ccccc2)[nH]c2c(C3CCCC3)cnn12. The van der Waals surface area contributed by atoms with E-state index in [4.69, 9.17) is 0 Å². The lowest BCUT2D eigenvalue weighted by Gasteiger charge is -2.08. The average Bonchev–Trinajstić information content (AvgIpc) is 3.16. The number of hydrogen-bond acceptors (Lipinski definition) is 2. The van der Waals surface area contributed by atoms with E-state index < -0.39 is 0 Å². The number of hydrogen-bond donors (Lipinski definition) is 1. The van der Waals surface area contributed by atoms with Crippen LogP contribution >= 0.6 is 0 Å². The second-order valence-electron chi connectivity index (χ2n) is 5.73. The summed E-state index contributed by atoms with van der Waals surface area (Å²) in [5.41, 5.74) is 3.84. The molecule has 106 valence electrons. The summed E-state index contributed by atoms with van der Waals surface area (Å²) in [5, 5.41) is 4.27. The molecular formula is C17H17N3O. The quantitative estimate of drug-likeness (QED) is 0.782. The number of fused-ring (bicyclic) bond motifs is 1. The molecule has 0 bridgehead atoms. The van der Waals surface area contributed by atoms with Crippen molar-refractivity contribution in [2.24, 2.45) is 0 Å². The summed E-state index contributed by atoms with van der Waals surface area (Å²) < 4.78 is 1.49. The maximum atomic E-state index is 12.3. The van der Waals surface area contributed by atoms with Gasteiger partial charge in [-0.25, -0.2) is 0 Å². The summed E-state index contributed by atoms with van der Waals surface area (Å²) in [6.07, 6.45) is 6.78. The van der Waals surface area contributed by atoms with E-state index >= 15 is 0 Å². The van der Waals surface area contributed by atoms with E-state index in [1.54, 1.807) is 6.07 Å². The van der Waals surface area contributed by atoms with Gasteiger partial charge in [0.15, 0.2) is 0 Å². The van der Waals surface area contributed by atoms with Crippen LogP contribution in [0.3, 0.4) is 0 Å². The molecule has 1 aliphatic carbocycles. The predicted molar refractivity (Wildman–Crippen MR) is 82.5 cm³/mol. The molecule has 0 radical (unpaired) electrons.